The first-order valence-electron chi connectivity index (χ1n) is 7.86. The fourth-order valence-electron chi connectivity index (χ4n) is 2.92. The first-order valence-corrected chi connectivity index (χ1v) is 8.24. The molecule has 124 valence electrons. The van der Waals surface area contributed by atoms with Crippen molar-refractivity contribution in [2.75, 3.05) is 26.7 Å². The largest absolute Gasteiger partial charge is 0.343 e. The van der Waals surface area contributed by atoms with E-state index in [2.05, 4.69) is 5.32 Å². The molecule has 1 heterocycles. The molecule has 3 nitrogen and oxygen atoms in total. The molecule has 0 spiro atoms. The molecule has 1 aliphatic rings. The summed E-state index contributed by atoms with van der Waals surface area (Å²) in [7, 11) is 1.99. The summed E-state index contributed by atoms with van der Waals surface area (Å²) in [5.41, 5.74) is 1.07. The molecule has 1 N–H and O–H groups in total. The predicted molar refractivity (Wildman–Crippen MR) is 94.9 cm³/mol. The van der Waals surface area contributed by atoms with E-state index in [4.69, 9.17) is 11.6 Å². The van der Waals surface area contributed by atoms with Crippen LogP contribution in [0.2, 0.25) is 5.02 Å². The van der Waals surface area contributed by atoms with Crippen molar-refractivity contribution in [2.45, 2.75) is 32.1 Å². The second-order valence-electron chi connectivity index (χ2n) is 5.81. The number of hydrogen-bond acceptors (Lipinski definition) is 2. The van der Waals surface area contributed by atoms with Gasteiger partial charge in [0.25, 0.3) is 0 Å². The number of carbonyl (C=O) groups excluding carboxylic acids is 1. The molecule has 0 saturated carbocycles. The fourth-order valence-corrected chi connectivity index (χ4v) is 3.15. The molecule has 0 radical (unpaired) electrons. The van der Waals surface area contributed by atoms with Crippen molar-refractivity contribution >= 4 is 29.9 Å². The zero-order valence-electron chi connectivity index (χ0n) is 13.2. The van der Waals surface area contributed by atoms with Crippen LogP contribution >= 0.6 is 24.0 Å². The Morgan fingerprint density at radius 2 is 2.00 bits per heavy atom. The number of rotatable bonds is 6. The Labute approximate surface area is 144 Å². The molecule has 5 heteroatoms. The van der Waals surface area contributed by atoms with Crippen molar-refractivity contribution in [3.05, 3.63) is 34.9 Å². The molecule has 1 saturated heterocycles. The normalized spacial score (nSPS) is 15.5. The predicted octanol–water partition coefficient (Wildman–Crippen LogP) is 3.54. The highest BCUT2D eigenvalue weighted by molar-refractivity contribution is 6.31. The van der Waals surface area contributed by atoms with E-state index in [-0.39, 0.29) is 18.3 Å². The van der Waals surface area contributed by atoms with Crippen molar-refractivity contribution in [3.8, 4) is 0 Å². The third kappa shape index (κ3) is 5.79. The molecule has 1 aromatic carbocycles. The van der Waals surface area contributed by atoms with Gasteiger partial charge in [-0.05, 0) is 56.8 Å². The van der Waals surface area contributed by atoms with Crippen LogP contribution in [0.25, 0.3) is 0 Å². The number of halogens is 2. The van der Waals surface area contributed by atoms with Crippen LogP contribution < -0.4 is 5.32 Å². The second-order valence-corrected chi connectivity index (χ2v) is 6.22. The van der Waals surface area contributed by atoms with Crippen LogP contribution in [0.3, 0.4) is 0 Å². The van der Waals surface area contributed by atoms with Crippen LogP contribution in [0.4, 0.5) is 0 Å². The Balaban J connectivity index is 0.00000242. The van der Waals surface area contributed by atoms with Gasteiger partial charge < -0.3 is 10.2 Å². The van der Waals surface area contributed by atoms with E-state index in [0.29, 0.717) is 6.42 Å². The molecule has 22 heavy (non-hydrogen) atoms. The standard InChI is InChI=1S/C17H25ClN2O.ClH/c1-19-11-8-14-9-12-20(13-10-14)17(21)7-6-15-4-2-3-5-16(15)18;/h2-5,14,19H,6-13H2,1H3;1H. The lowest BCUT2D eigenvalue weighted by Gasteiger charge is -2.32. The Bertz CT molecular complexity index is 460. The van der Waals surface area contributed by atoms with Crippen molar-refractivity contribution < 1.29 is 4.79 Å². The van der Waals surface area contributed by atoms with Gasteiger partial charge >= 0.3 is 0 Å². The third-order valence-corrected chi connectivity index (χ3v) is 4.70. The topological polar surface area (TPSA) is 32.3 Å². The van der Waals surface area contributed by atoms with Gasteiger partial charge in [-0.25, -0.2) is 0 Å². The minimum atomic E-state index is 0. The highest BCUT2D eigenvalue weighted by atomic mass is 35.5. The summed E-state index contributed by atoms with van der Waals surface area (Å²) < 4.78 is 0. The SMILES string of the molecule is CNCCC1CCN(C(=O)CCc2ccccc2Cl)CC1.Cl. The van der Waals surface area contributed by atoms with Gasteiger partial charge in [-0.3, -0.25) is 4.79 Å². The lowest BCUT2D eigenvalue weighted by molar-refractivity contribution is -0.132. The summed E-state index contributed by atoms with van der Waals surface area (Å²) in [5.74, 6) is 1.03. The molecule has 0 aromatic heterocycles. The van der Waals surface area contributed by atoms with Gasteiger partial charge in [0.2, 0.25) is 5.91 Å². The molecule has 1 aliphatic heterocycles. The minimum absolute atomic E-state index is 0. The third-order valence-electron chi connectivity index (χ3n) is 4.34. The van der Waals surface area contributed by atoms with Crippen LogP contribution in [0.15, 0.2) is 24.3 Å². The Morgan fingerprint density at radius 3 is 2.64 bits per heavy atom. The number of nitrogens with zero attached hydrogens (tertiary/aromatic N) is 1. The second kappa shape index (κ2) is 10.1. The van der Waals surface area contributed by atoms with Crippen molar-refractivity contribution in [3.63, 3.8) is 0 Å². The number of hydrogen-bond donors (Lipinski definition) is 1. The smallest absolute Gasteiger partial charge is 0.222 e. The van der Waals surface area contributed by atoms with Crippen LogP contribution in [0, 0.1) is 5.92 Å². The molecule has 1 fully saturated rings. The quantitative estimate of drug-likeness (QED) is 0.855. The van der Waals surface area contributed by atoms with Gasteiger partial charge in [-0.15, -0.1) is 12.4 Å². The lowest BCUT2D eigenvalue weighted by Crippen LogP contribution is -2.39. The zero-order chi connectivity index (χ0) is 15.1. The number of nitrogens with one attached hydrogen (secondary N) is 1. The van der Waals surface area contributed by atoms with E-state index < -0.39 is 0 Å². The number of likely N-dealkylation sites (tertiary alicyclic amines) is 1. The van der Waals surface area contributed by atoms with Crippen molar-refractivity contribution in [2.24, 2.45) is 5.92 Å². The highest BCUT2D eigenvalue weighted by Gasteiger charge is 2.22. The van der Waals surface area contributed by atoms with Crippen LogP contribution in [0.1, 0.15) is 31.2 Å². The summed E-state index contributed by atoms with van der Waals surface area (Å²) in [5, 5.41) is 3.96. The van der Waals surface area contributed by atoms with Gasteiger partial charge in [0.1, 0.15) is 0 Å². The maximum atomic E-state index is 12.3. The van der Waals surface area contributed by atoms with E-state index in [0.717, 1.165) is 55.4 Å². The Morgan fingerprint density at radius 1 is 1.32 bits per heavy atom. The average Bonchev–Trinajstić information content (AvgIpc) is 2.52. The first kappa shape index (κ1) is 19.3. The number of aryl methyl sites for hydroxylation is 1. The van der Waals surface area contributed by atoms with Crippen molar-refractivity contribution in [1.29, 1.82) is 0 Å². The molecule has 0 bridgehead atoms. The lowest BCUT2D eigenvalue weighted by atomic mass is 9.93. The van der Waals surface area contributed by atoms with Crippen LogP contribution in [0.5, 0.6) is 0 Å². The van der Waals surface area contributed by atoms with Gasteiger partial charge in [0.15, 0.2) is 0 Å². The van der Waals surface area contributed by atoms with Gasteiger partial charge in [-0.2, -0.15) is 0 Å². The summed E-state index contributed by atoms with van der Waals surface area (Å²) in [6, 6.07) is 7.77. The zero-order valence-corrected chi connectivity index (χ0v) is 14.8. The Kier molecular flexibility index (Phi) is 8.84. The Hall–Kier alpha value is -0.770. The number of carbonyl (C=O) groups is 1. The maximum absolute atomic E-state index is 12.3. The van der Waals surface area contributed by atoms with Gasteiger partial charge in [-0.1, -0.05) is 29.8 Å². The van der Waals surface area contributed by atoms with Crippen LogP contribution in [-0.4, -0.2) is 37.5 Å². The maximum Gasteiger partial charge on any atom is 0.222 e. The number of amides is 1. The van der Waals surface area contributed by atoms with E-state index in [9.17, 15) is 4.79 Å². The highest BCUT2D eigenvalue weighted by Crippen LogP contribution is 2.21. The molecule has 0 aliphatic carbocycles. The summed E-state index contributed by atoms with van der Waals surface area (Å²) in [6.45, 7) is 2.90. The first-order chi connectivity index (χ1) is 10.2. The molecular weight excluding hydrogens is 319 g/mol. The van der Waals surface area contributed by atoms with Crippen molar-refractivity contribution in [1.82, 2.24) is 10.2 Å². The summed E-state index contributed by atoms with van der Waals surface area (Å²) in [4.78, 5) is 14.3. The summed E-state index contributed by atoms with van der Waals surface area (Å²) in [6.07, 6.45) is 4.79. The van der Waals surface area contributed by atoms with E-state index in [1.807, 2.05) is 36.2 Å². The van der Waals surface area contributed by atoms with E-state index in [1.165, 1.54) is 6.42 Å². The van der Waals surface area contributed by atoms with Gasteiger partial charge in [0.05, 0.1) is 0 Å². The molecule has 0 unspecified atom stereocenters. The molecule has 0 atom stereocenters. The minimum Gasteiger partial charge on any atom is -0.343 e. The number of benzene rings is 1. The van der Waals surface area contributed by atoms with E-state index in [1.54, 1.807) is 0 Å². The fraction of sp³-hybridized carbons (Fsp3) is 0.588. The molecule has 2 rings (SSSR count). The van der Waals surface area contributed by atoms with E-state index >= 15 is 0 Å². The monoisotopic (exact) mass is 344 g/mol. The molecular formula is C17H26Cl2N2O. The summed E-state index contributed by atoms with van der Waals surface area (Å²) >= 11 is 6.13. The molecule has 1 aromatic rings. The number of piperidine rings is 1. The van der Waals surface area contributed by atoms with Crippen LogP contribution in [-0.2, 0) is 11.2 Å². The van der Waals surface area contributed by atoms with Gasteiger partial charge in [0, 0.05) is 24.5 Å². The molecule has 1 amide bonds. The average molecular weight is 345 g/mol.